The normalized spacial score (nSPS) is 18.3. The Labute approximate surface area is 131 Å². The SMILES string of the molecule is C[C@H]1CN(C(=O)c2cc(Br)cc([N+](=O)[O-])c2)CCN1.Cl. The Kier molecular flexibility index (Phi) is 5.91. The monoisotopic (exact) mass is 363 g/mol. The number of nitro groups is 1. The number of amides is 1. The molecule has 6 nitrogen and oxygen atoms in total. The van der Waals surface area contributed by atoms with Crippen LogP contribution in [0.1, 0.15) is 17.3 Å². The van der Waals surface area contributed by atoms with E-state index in [1.165, 1.54) is 12.1 Å². The summed E-state index contributed by atoms with van der Waals surface area (Å²) in [6.45, 7) is 3.97. The molecule has 8 heteroatoms. The number of carbonyl (C=O) groups excluding carboxylic acids is 1. The van der Waals surface area contributed by atoms with E-state index in [0.717, 1.165) is 6.54 Å². The molecule has 0 radical (unpaired) electrons. The summed E-state index contributed by atoms with van der Waals surface area (Å²) in [5, 5.41) is 14.1. The van der Waals surface area contributed by atoms with Gasteiger partial charge in [-0.3, -0.25) is 14.9 Å². The van der Waals surface area contributed by atoms with E-state index in [1.807, 2.05) is 6.92 Å². The lowest BCUT2D eigenvalue weighted by Crippen LogP contribution is -2.51. The van der Waals surface area contributed by atoms with Gasteiger partial charge in [0.15, 0.2) is 0 Å². The van der Waals surface area contributed by atoms with Crippen LogP contribution in [-0.2, 0) is 0 Å². The maximum absolute atomic E-state index is 12.3. The van der Waals surface area contributed by atoms with Crippen molar-refractivity contribution in [2.75, 3.05) is 19.6 Å². The first-order chi connectivity index (χ1) is 8.97. The number of carbonyl (C=O) groups is 1. The minimum Gasteiger partial charge on any atom is -0.336 e. The molecule has 1 saturated heterocycles. The van der Waals surface area contributed by atoms with Crippen LogP contribution in [0.2, 0.25) is 0 Å². The quantitative estimate of drug-likeness (QED) is 0.645. The first-order valence-corrected chi connectivity index (χ1v) is 6.74. The topological polar surface area (TPSA) is 75.5 Å². The van der Waals surface area contributed by atoms with Gasteiger partial charge < -0.3 is 10.2 Å². The number of piperazine rings is 1. The summed E-state index contributed by atoms with van der Waals surface area (Å²) in [4.78, 5) is 24.4. The summed E-state index contributed by atoms with van der Waals surface area (Å²) in [6, 6.07) is 4.55. The highest BCUT2D eigenvalue weighted by molar-refractivity contribution is 9.10. The third-order valence-electron chi connectivity index (χ3n) is 3.00. The summed E-state index contributed by atoms with van der Waals surface area (Å²) in [5.74, 6) is -0.169. The molecule has 0 aromatic heterocycles. The van der Waals surface area contributed by atoms with Gasteiger partial charge in [-0.05, 0) is 13.0 Å². The Balaban J connectivity index is 0.00000200. The average molecular weight is 365 g/mol. The lowest BCUT2D eigenvalue weighted by Gasteiger charge is -2.31. The van der Waals surface area contributed by atoms with Crippen molar-refractivity contribution in [2.45, 2.75) is 13.0 Å². The molecule has 0 spiro atoms. The van der Waals surface area contributed by atoms with Crippen molar-refractivity contribution in [3.63, 3.8) is 0 Å². The van der Waals surface area contributed by atoms with Gasteiger partial charge in [0, 0.05) is 47.8 Å². The van der Waals surface area contributed by atoms with Gasteiger partial charge in [0.1, 0.15) is 0 Å². The van der Waals surface area contributed by atoms with E-state index in [9.17, 15) is 14.9 Å². The lowest BCUT2D eigenvalue weighted by atomic mass is 10.1. The van der Waals surface area contributed by atoms with Crippen LogP contribution in [0.5, 0.6) is 0 Å². The van der Waals surface area contributed by atoms with Crippen LogP contribution < -0.4 is 5.32 Å². The molecule has 2 rings (SSSR count). The van der Waals surface area contributed by atoms with Crippen molar-refractivity contribution in [3.8, 4) is 0 Å². The molecule has 0 bridgehead atoms. The number of nitrogens with one attached hydrogen (secondary N) is 1. The highest BCUT2D eigenvalue weighted by atomic mass is 79.9. The van der Waals surface area contributed by atoms with Crippen molar-refractivity contribution >= 4 is 39.9 Å². The first-order valence-electron chi connectivity index (χ1n) is 5.95. The fourth-order valence-corrected chi connectivity index (χ4v) is 2.58. The molecule has 1 N–H and O–H groups in total. The lowest BCUT2D eigenvalue weighted by molar-refractivity contribution is -0.385. The molecule has 20 heavy (non-hydrogen) atoms. The molecule has 1 amide bonds. The van der Waals surface area contributed by atoms with Crippen LogP contribution in [-0.4, -0.2) is 41.4 Å². The van der Waals surface area contributed by atoms with Gasteiger partial charge in [-0.25, -0.2) is 0 Å². The number of rotatable bonds is 2. The highest BCUT2D eigenvalue weighted by Crippen LogP contribution is 2.22. The molecule has 0 unspecified atom stereocenters. The van der Waals surface area contributed by atoms with Gasteiger partial charge in [0.05, 0.1) is 4.92 Å². The molecule has 1 fully saturated rings. The van der Waals surface area contributed by atoms with E-state index < -0.39 is 4.92 Å². The van der Waals surface area contributed by atoms with E-state index in [4.69, 9.17) is 0 Å². The summed E-state index contributed by atoms with van der Waals surface area (Å²) in [5.41, 5.74) is 0.260. The average Bonchev–Trinajstić information content (AvgIpc) is 2.37. The van der Waals surface area contributed by atoms with E-state index in [1.54, 1.807) is 11.0 Å². The van der Waals surface area contributed by atoms with Gasteiger partial charge in [-0.1, -0.05) is 15.9 Å². The summed E-state index contributed by atoms with van der Waals surface area (Å²) >= 11 is 3.20. The molecule has 1 heterocycles. The van der Waals surface area contributed by atoms with E-state index in [0.29, 0.717) is 23.1 Å². The van der Waals surface area contributed by atoms with Crippen LogP contribution in [0, 0.1) is 10.1 Å². The number of non-ortho nitro benzene ring substituents is 1. The third-order valence-corrected chi connectivity index (χ3v) is 3.45. The zero-order valence-electron chi connectivity index (χ0n) is 10.8. The Bertz CT molecular complexity index is 527. The van der Waals surface area contributed by atoms with Crippen LogP contribution in [0.25, 0.3) is 0 Å². The molecule has 1 aromatic carbocycles. The van der Waals surface area contributed by atoms with E-state index in [-0.39, 0.29) is 30.0 Å². The number of hydrogen-bond donors (Lipinski definition) is 1. The van der Waals surface area contributed by atoms with Crippen LogP contribution >= 0.6 is 28.3 Å². The van der Waals surface area contributed by atoms with Crippen molar-refractivity contribution in [2.24, 2.45) is 0 Å². The maximum Gasteiger partial charge on any atom is 0.271 e. The molecule has 1 aliphatic rings. The van der Waals surface area contributed by atoms with Gasteiger partial charge >= 0.3 is 0 Å². The molecule has 0 saturated carbocycles. The molecular weight excluding hydrogens is 350 g/mol. The Morgan fingerprint density at radius 2 is 2.20 bits per heavy atom. The fourth-order valence-electron chi connectivity index (χ4n) is 2.10. The second kappa shape index (κ2) is 7.01. The van der Waals surface area contributed by atoms with Crippen molar-refractivity contribution in [1.82, 2.24) is 10.2 Å². The number of benzene rings is 1. The van der Waals surface area contributed by atoms with Gasteiger partial charge in [-0.2, -0.15) is 0 Å². The second-order valence-corrected chi connectivity index (χ2v) is 5.48. The number of halogens is 2. The molecule has 1 aromatic rings. The minimum atomic E-state index is -0.498. The minimum absolute atomic E-state index is 0. The summed E-state index contributed by atoms with van der Waals surface area (Å²) in [7, 11) is 0. The zero-order chi connectivity index (χ0) is 14.0. The summed E-state index contributed by atoms with van der Waals surface area (Å²) < 4.78 is 0.535. The standard InChI is InChI=1S/C12H14BrN3O3.ClH/c1-8-7-15(3-2-14-8)12(17)9-4-10(13)6-11(5-9)16(18)19;/h4-6,8,14H,2-3,7H2,1H3;1H/t8-;/m0./s1. The predicted molar refractivity (Wildman–Crippen MR) is 81.4 cm³/mol. The Hall–Kier alpha value is -1.18. The summed E-state index contributed by atoms with van der Waals surface area (Å²) in [6.07, 6.45) is 0. The predicted octanol–water partition coefficient (Wildman–Crippen LogP) is 2.21. The zero-order valence-corrected chi connectivity index (χ0v) is 13.2. The first kappa shape index (κ1) is 16.9. The van der Waals surface area contributed by atoms with Crippen molar-refractivity contribution in [1.29, 1.82) is 0 Å². The molecule has 1 atom stereocenters. The van der Waals surface area contributed by atoms with E-state index >= 15 is 0 Å². The Morgan fingerprint density at radius 1 is 1.50 bits per heavy atom. The van der Waals surface area contributed by atoms with Crippen molar-refractivity contribution in [3.05, 3.63) is 38.3 Å². The largest absolute Gasteiger partial charge is 0.336 e. The van der Waals surface area contributed by atoms with Gasteiger partial charge in [0.25, 0.3) is 11.6 Å². The molecule has 1 aliphatic heterocycles. The Morgan fingerprint density at radius 3 is 2.80 bits per heavy atom. The third kappa shape index (κ3) is 3.91. The number of nitro benzene ring substituents is 1. The van der Waals surface area contributed by atoms with Crippen LogP contribution in [0.15, 0.2) is 22.7 Å². The second-order valence-electron chi connectivity index (χ2n) is 4.56. The van der Waals surface area contributed by atoms with Gasteiger partial charge in [-0.15, -0.1) is 12.4 Å². The number of hydrogen-bond acceptors (Lipinski definition) is 4. The van der Waals surface area contributed by atoms with E-state index in [2.05, 4.69) is 21.2 Å². The molecule has 0 aliphatic carbocycles. The van der Waals surface area contributed by atoms with Crippen LogP contribution in [0.4, 0.5) is 5.69 Å². The maximum atomic E-state index is 12.3. The molecular formula is C12H15BrClN3O3. The smallest absolute Gasteiger partial charge is 0.271 e. The van der Waals surface area contributed by atoms with Crippen molar-refractivity contribution < 1.29 is 9.72 Å². The fraction of sp³-hybridized carbons (Fsp3) is 0.417. The number of nitrogens with zero attached hydrogens (tertiary/aromatic N) is 2. The highest BCUT2D eigenvalue weighted by Gasteiger charge is 2.23. The van der Waals surface area contributed by atoms with Gasteiger partial charge in [0.2, 0.25) is 0 Å². The van der Waals surface area contributed by atoms with Crippen LogP contribution in [0.3, 0.4) is 0 Å². The molecule has 110 valence electrons.